The highest BCUT2D eigenvalue weighted by molar-refractivity contribution is 5.78. The topological polar surface area (TPSA) is 80.0 Å². The molecule has 6 nitrogen and oxygen atoms in total. The van der Waals surface area contributed by atoms with Crippen molar-refractivity contribution >= 4 is 5.97 Å². The first-order valence-electron chi connectivity index (χ1n) is 5.75. The average molecular weight is 240 g/mol. The second-order valence-electron chi connectivity index (χ2n) is 4.55. The maximum atomic E-state index is 11.3. The third-order valence-electron chi connectivity index (χ3n) is 2.89. The van der Waals surface area contributed by atoms with E-state index in [1.54, 1.807) is 17.8 Å². The number of aliphatic carboxylic acids is 1. The van der Waals surface area contributed by atoms with Gasteiger partial charge in [-0.05, 0) is 20.3 Å². The molecule has 0 amide bonds. The number of hydrogen-bond donors (Lipinski definition) is 2. The minimum atomic E-state index is -0.930. The van der Waals surface area contributed by atoms with E-state index >= 15 is 0 Å². The Hall–Kier alpha value is -1.43. The van der Waals surface area contributed by atoms with Gasteiger partial charge in [-0.2, -0.15) is 0 Å². The van der Waals surface area contributed by atoms with E-state index in [0.29, 0.717) is 6.42 Å². The first-order chi connectivity index (χ1) is 7.90. The minimum absolute atomic E-state index is 0.157. The van der Waals surface area contributed by atoms with Crippen LogP contribution in [0, 0.1) is 0 Å². The van der Waals surface area contributed by atoms with Crippen LogP contribution in [-0.2, 0) is 11.8 Å². The molecule has 0 bridgehead atoms. The molecule has 2 N–H and O–H groups in total. The SMILES string of the molecule is CCCC(C)(NC(C)c1nncn1C)C(=O)O. The van der Waals surface area contributed by atoms with Crippen LogP contribution < -0.4 is 5.32 Å². The number of nitrogens with one attached hydrogen (secondary N) is 1. The summed E-state index contributed by atoms with van der Waals surface area (Å²) in [6, 6.07) is -0.157. The highest BCUT2D eigenvalue weighted by atomic mass is 16.4. The molecule has 0 spiro atoms. The molecule has 1 aromatic heterocycles. The van der Waals surface area contributed by atoms with Crippen molar-refractivity contribution < 1.29 is 9.90 Å². The van der Waals surface area contributed by atoms with Gasteiger partial charge in [0.05, 0.1) is 6.04 Å². The molecule has 0 aliphatic rings. The summed E-state index contributed by atoms with van der Waals surface area (Å²) in [6.07, 6.45) is 2.98. The number of aryl methyl sites for hydroxylation is 1. The van der Waals surface area contributed by atoms with Gasteiger partial charge in [-0.1, -0.05) is 13.3 Å². The Bertz CT molecular complexity index is 391. The molecular formula is C11H20N4O2. The molecule has 1 aromatic rings. The fourth-order valence-corrected chi connectivity index (χ4v) is 1.97. The third kappa shape index (κ3) is 3.03. The largest absolute Gasteiger partial charge is 0.480 e. The van der Waals surface area contributed by atoms with Crippen LogP contribution in [0.5, 0.6) is 0 Å². The maximum absolute atomic E-state index is 11.3. The van der Waals surface area contributed by atoms with Gasteiger partial charge in [0.1, 0.15) is 17.7 Å². The quantitative estimate of drug-likeness (QED) is 0.778. The van der Waals surface area contributed by atoms with Gasteiger partial charge in [-0.25, -0.2) is 0 Å². The lowest BCUT2D eigenvalue weighted by Gasteiger charge is -2.29. The van der Waals surface area contributed by atoms with E-state index in [1.165, 1.54) is 0 Å². The molecule has 0 fully saturated rings. The summed E-state index contributed by atoms with van der Waals surface area (Å²) in [7, 11) is 1.84. The monoisotopic (exact) mass is 240 g/mol. The van der Waals surface area contributed by atoms with E-state index in [1.807, 2.05) is 20.9 Å². The molecule has 0 radical (unpaired) electrons. The molecule has 96 valence electrons. The highest BCUT2D eigenvalue weighted by Crippen LogP contribution is 2.18. The number of aromatic nitrogens is 3. The Kier molecular flexibility index (Phi) is 4.22. The van der Waals surface area contributed by atoms with Gasteiger partial charge in [0, 0.05) is 7.05 Å². The zero-order chi connectivity index (χ0) is 13.1. The fourth-order valence-electron chi connectivity index (χ4n) is 1.97. The van der Waals surface area contributed by atoms with Crippen molar-refractivity contribution in [3.8, 4) is 0 Å². The van der Waals surface area contributed by atoms with Gasteiger partial charge in [-0.15, -0.1) is 10.2 Å². The van der Waals surface area contributed by atoms with Crippen molar-refractivity contribution in [2.24, 2.45) is 7.05 Å². The first-order valence-corrected chi connectivity index (χ1v) is 5.75. The molecule has 0 aromatic carbocycles. The van der Waals surface area contributed by atoms with Crippen molar-refractivity contribution in [1.29, 1.82) is 0 Å². The molecular weight excluding hydrogens is 220 g/mol. The Morgan fingerprint density at radius 1 is 1.71 bits per heavy atom. The van der Waals surface area contributed by atoms with Gasteiger partial charge in [-0.3, -0.25) is 10.1 Å². The Labute approximate surface area is 101 Å². The zero-order valence-corrected chi connectivity index (χ0v) is 10.8. The Balaban J connectivity index is 2.81. The molecule has 1 heterocycles. The normalized spacial score (nSPS) is 16.5. The molecule has 17 heavy (non-hydrogen) atoms. The van der Waals surface area contributed by atoms with Crippen LogP contribution in [0.4, 0.5) is 0 Å². The van der Waals surface area contributed by atoms with E-state index in [9.17, 15) is 9.90 Å². The number of rotatable bonds is 6. The van der Waals surface area contributed by atoms with E-state index in [4.69, 9.17) is 0 Å². The van der Waals surface area contributed by atoms with Crippen molar-refractivity contribution in [3.63, 3.8) is 0 Å². The summed E-state index contributed by atoms with van der Waals surface area (Å²) in [5, 5.41) is 20.2. The summed E-state index contributed by atoms with van der Waals surface area (Å²) < 4.78 is 1.78. The van der Waals surface area contributed by atoms with Crippen LogP contribution in [0.25, 0.3) is 0 Å². The number of carbonyl (C=O) groups is 1. The van der Waals surface area contributed by atoms with Gasteiger partial charge in [0.2, 0.25) is 0 Å². The number of carboxylic acid groups (broad SMARTS) is 1. The Morgan fingerprint density at radius 3 is 2.76 bits per heavy atom. The molecule has 6 heteroatoms. The van der Waals surface area contributed by atoms with Gasteiger partial charge in [0.15, 0.2) is 0 Å². The van der Waals surface area contributed by atoms with Crippen molar-refractivity contribution in [3.05, 3.63) is 12.2 Å². The van der Waals surface area contributed by atoms with Crippen LogP contribution in [0.15, 0.2) is 6.33 Å². The smallest absolute Gasteiger partial charge is 0.323 e. The highest BCUT2D eigenvalue weighted by Gasteiger charge is 2.34. The van der Waals surface area contributed by atoms with Crippen LogP contribution in [0.3, 0.4) is 0 Å². The summed E-state index contributed by atoms with van der Waals surface area (Å²) in [5.41, 5.74) is -0.930. The number of nitrogens with zero attached hydrogens (tertiary/aromatic N) is 3. The van der Waals surface area contributed by atoms with Crippen molar-refractivity contribution in [1.82, 2.24) is 20.1 Å². The maximum Gasteiger partial charge on any atom is 0.323 e. The second kappa shape index (κ2) is 5.27. The number of carboxylic acids is 1. The summed E-state index contributed by atoms with van der Waals surface area (Å²) in [6.45, 7) is 5.56. The van der Waals surface area contributed by atoms with E-state index in [0.717, 1.165) is 12.2 Å². The lowest BCUT2D eigenvalue weighted by Crippen LogP contribution is -2.50. The summed E-state index contributed by atoms with van der Waals surface area (Å²) >= 11 is 0. The van der Waals surface area contributed by atoms with Gasteiger partial charge < -0.3 is 9.67 Å². The number of hydrogen-bond acceptors (Lipinski definition) is 4. The van der Waals surface area contributed by atoms with Gasteiger partial charge >= 0.3 is 5.97 Å². The lowest BCUT2D eigenvalue weighted by molar-refractivity contribution is -0.144. The van der Waals surface area contributed by atoms with E-state index < -0.39 is 11.5 Å². The zero-order valence-electron chi connectivity index (χ0n) is 10.8. The molecule has 2 atom stereocenters. The molecule has 1 rings (SSSR count). The Morgan fingerprint density at radius 2 is 2.35 bits per heavy atom. The molecule has 0 saturated heterocycles. The van der Waals surface area contributed by atoms with E-state index in [2.05, 4.69) is 15.5 Å². The average Bonchev–Trinajstić information content (AvgIpc) is 2.64. The van der Waals surface area contributed by atoms with Crippen LogP contribution in [0.1, 0.15) is 45.5 Å². The van der Waals surface area contributed by atoms with Crippen molar-refractivity contribution in [2.45, 2.75) is 45.2 Å². The fraction of sp³-hybridized carbons (Fsp3) is 0.727. The van der Waals surface area contributed by atoms with Gasteiger partial charge in [0.25, 0.3) is 0 Å². The molecule has 2 unspecified atom stereocenters. The van der Waals surface area contributed by atoms with Crippen LogP contribution in [-0.4, -0.2) is 31.4 Å². The lowest BCUT2D eigenvalue weighted by atomic mass is 9.95. The standard InChI is InChI=1S/C11H20N4O2/c1-5-6-11(3,10(16)17)13-8(2)9-14-12-7-15(9)4/h7-8,13H,5-6H2,1-4H3,(H,16,17). The van der Waals surface area contributed by atoms with E-state index in [-0.39, 0.29) is 6.04 Å². The minimum Gasteiger partial charge on any atom is -0.480 e. The van der Waals surface area contributed by atoms with Crippen molar-refractivity contribution in [2.75, 3.05) is 0 Å². The second-order valence-corrected chi connectivity index (χ2v) is 4.55. The molecule has 0 aliphatic heterocycles. The predicted molar refractivity (Wildman–Crippen MR) is 63.5 cm³/mol. The third-order valence-corrected chi connectivity index (χ3v) is 2.89. The predicted octanol–water partition coefficient (Wildman–Crippen LogP) is 1.11. The van der Waals surface area contributed by atoms with Crippen LogP contribution in [0.2, 0.25) is 0 Å². The summed E-state index contributed by atoms with van der Waals surface area (Å²) in [4.78, 5) is 11.3. The first kappa shape index (κ1) is 13.6. The van der Waals surface area contributed by atoms with Crippen LogP contribution >= 0.6 is 0 Å². The molecule has 0 aliphatic carbocycles. The molecule has 0 saturated carbocycles. The summed E-state index contributed by atoms with van der Waals surface area (Å²) in [5.74, 6) is -0.109.